The highest BCUT2D eigenvalue weighted by Crippen LogP contribution is 2.19. The van der Waals surface area contributed by atoms with Crippen molar-refractivity contribution in [2.75, 3.05) is 13.1 Å². The largest absolute Gasteiger partial charge is 0.470 e. The third kappa shape index (κ3) is 3.84. The number of hydrogen-bond donors (Lipinski definition) is 0. The van der Waals surface area contributed by atoms with Crippen LogP contribution in [-0.2, 0) is 11.2 Å². The molecule has 0 aromatic carbocycles. The van der Waals surface area contributed by atoms with Gasteiger partial charge in [0.05, 0.1) is 13.0 Å². The van der Waals surface area contributed by atoms with Crippen LogP contribution in [0.5, 0.6) is 5.88 Å². The highest BCUT2D eigenvalue weighted by molar-refractivity contribution is 5.78. The second-order valence-corrected chi connectivity index (χ2v) is 5.58. The normalized spacial score (nSPS) is 17.1. The summed E-state index contributed by atoms with van der Waals surface area (Å²) in [6, 6.07) is 5.68. The van der Waals surface area contributed by atoms with Crippen molar-refractivity contribution in [3.05, 3.63) is 48.2 Å². The molecule has 1 aliphatic rings. The number of ether oxygens (including phenoxy) is 1. The first-order valence-corrected chi connectivity index (χ1v) is 7.80. The fraction of sp³-hybridized carbons (Fsp3) is 0.353. The minimum atomic E-state index is -0.180. The zero-order valence-corrected chi connectivity index (χ0v) is 13.1. The number of amides is 1. The second kappa shape index (κ2) is 7.51. The Morgan fingerprint density at radius 2 is 2.25 bits per heavy atom. The third-order valence-electron chi connectivity index (χ3n) is 3.86. The molecule has 2 aromatic heterocycles. The van der Waals surface area contributed by atoms with Gasteiger partial charge < -0.3 is 9.64 Å². The Kier molecular flexibility index (Phi) is 4.96. The van der Waals surface area contributed by atoms with Crippen molar-refractivity contribution >= 4 is 5.91 Å². The van der Waals surface area contributed by atoms with Gasteiger partial charge >= 0.3 is 0 Å². The van der Waals surface area contributed by atoms with Crippen molar-refractivity contribution in [3.63, 3.8) is 0 Å². The molecule has 24 heavy (non-hydrogen) atoms. The summed E-state index contributed by atoms with van der Waals surface area (Å²) in [4.78, 5) is 26.3. The van der Waals surface area contributed by atoms with Gasteiger partial charge in [-0.05, 0) is 24.5 Å². The molecule has 7 nitrogen and oxygen atoms in total. The average molecular weight is 323 g/mol. The number of aromatic nitrogens is 3. The Morgan fingerprint density at radius 1 is 1.38 bits per heavy atom. The Hall–Kier alpha value is -3.01. The van der Waals surface area contributed by atoms with E-state index < -0.39 is 0 Å². The fourth-order valence-corrected chi connectivity index (χ4v) is 2.70. The number of carbonyl (C=O) groups is 1. The molecule has 1 saturated heterocycles. The third-order valence-corrected chi connectivity index (χ3v) is 3.86. The van der Waals surface area contributed by atoms with Crippen LogP contribution < -0.4 is 4.74 Å². The van der Waals surface area contributed by atoms with Crippen LogP contribution in [0.25, 0.3) is 0 Å². The molecule has 1 unspecified atom stereocenters. The first kappa shape index (κ1) is 15.9. The summed E-state index contributed by atoms with van der Waals surface area (Å²) in [6.45, 7) is 1.20. The Labute approximate surface area is 139 Å². The standard InChI is InChI=1S/C17H17N5O2/c18-10-15-17(21-7-6-20-15)24-14-4-2-8-22(12-14)16(23)9-13-3-1-5-19-11-13/h1,3,5-7,11,14H,2,4,8-9,12H2. The van der Waals surface area contributed by atoms with E-state index >= 15 is 0 Å². The van der Waals surface area contributed by atoms with Crippen molar-refractivity contribution < 1.29 is 9.53 Å². The lowest BCUT2D eigenvalue weighted by Crippen LogP contribution is -2.45. The molecule has 0 radical (unpaired) electrons. The van der Waals surface area contributed by atoms with Gasteiger partial charge in [0, 0.05) is 31.3 Å². The minimum Gasteiger partial charge on any atom is -0.470 e. The number of piperidine rings is 1. The molecule has 1 fully saturated rings. The molecular formula is C17H17N5O2. The van der Waals surface area contributed by atoms with Gasteiger partial charge in [-0.25, -0.2) is 9.97 Å². The lowest BCUT2D eigenvalue weighted by molar-refractivity contribution is -0.133. The number of nitriles is 1. The maximum Gasteiger partial charge on any atom is 0.251 e. The molecule has 3 heterocycles. The number of pyridine rings is 1. The van der Waals surface area contributed by atoms with E-state index in [2.05, 4.69) is 15.0 Å². The quantitative estimate of drug-likeness (QED) is 0.843. The van der Waals surface area contributed by atoms with Crippen molar-refractivity contribution in [2.45, 2.75) is 25.4 Å². The minimum absolute atomic E-state index is 0.0518. The highest BCUT2D eigenvalue weighted by Gasteiger charge is 2.26. The SMILES string of the molecule is N#Cc1nccnc1OC1CCCN(C(=O)Cc2cccnc2)C1. The lowest BCUT2D eigenvalue weighted by atomic mass is 10.1. The van der Waals surface area contributed by atoms with Crippen LogP contribution in [0.3, 0.4) is 0 Å². The number of rotatable bonds is 4. The Morgan fingerprint density at radius 3 is 3.04 bits per heavy atom. The monoisotopic (exact) mass is 323 g/mol. The molecule has 0 bridgehead atoms. The number of carbonyl (C=O) groups excluding carboxylic acids is 1. The van der Waals surface area contributed by atoms with E-state index in [1.54, 1.807) is 17.3 Å². The number of hydrogen-bond acceptors (Lipinski definition) is 6. The zero-order valence-electron chi connectivity index (χ0n) is 13.1. The molecule has 0 N–H and O–H groups in total. The summed E-state index contributed by atoms with van der Waals surface area (Å²) in [5, 5.41) is 9.05. The number of nitrogens with zero attached hydrogens (tertiary/aromatic N) is 5. The molecule has 1 amide bonds. The lowest BCUT2D eigenvalue weighted by Gasteiger charge is -2.32. The summed E-state index contributed by atoms with van der Waals surface area (Å²) < 4.78 is 5.81. The Balaban J connectivity index is 1.62. The molecule has 0 aliphatic carbocycles. The summed E-state index contributed by atoms with van der Waals surface area (Å²) >= 11 is 0. The van der Waals surface area contributed by atoms with Gasteiger partial charge in [-0.15, -0.1) is 0 Å². The zero-order chi connectivity index (χ0) is 16.8. The fourth-order valence-electron chi connectivity index (χ4n) is 2.70. The van der Waals surface area contributed by atoms with Gasteiger partial charge in [-0.2, -0.15) is 5.26 Å². The summed E-state index contributed by atoms with van der Waals surface area (Å²) in [5.74, 6) is 0.280. The topological polar surface area (TPSA) is 92.0 Å². The van der Waals surface area contributed by atoms with Gasteiger partial charge in [0.25, 0.3) is 5.88 Å². The van der Waals surface area contributed by atoms with Crippen molar-refractivity contribution in [3.8, 4) is 11.9 Å². The van der Waals surface area contributed by atoms with E-state index in [1.807, 2.05) is 18.2 Å². The van der Waals surface area contributed by atoms with Crippen molar-refractivity contribution in [1.29, 1.82) is 5.26 Å². The van der Waals surface area contributed by atoms with Crippen LogP contribution in [0.15, 0.2) is 36.9 Å². The van der Waals surface area contributed by atoms with Crippen LogP contribution in [0, 0.1) is 11.3 Å². The molecule has 0 saturated carbocycles. The molecule has 3 rings (SSSR count). The van der Waals surface area contributed by atoms with E-state index in [0.29, 0.717) is 19.5 Å². The molecule has 1 aliphatic heterocycles. The van der Waals surface area contributed by atoms with Gasteiger partial charge in [0.15, 0.2) is 0 Å². The first-order chi connectivity index (χ1) is 11.8. The molecule has 0 spiro atoms. The van der Waals surface area contributed by atoms with E-state index in [4.69, 9.17) is 10.00 Å². The van der Waals surface area contributed by atoms with E-state index in [1.165, 1.54) is 12.4 Å². The summed E-state index contributed by atoms with van der Waals surface area (Å²) in [7, 11) is 0. The molecular weight excluding hydrogens is 306 g/mol. The smallest absolute Gasteiger partial charge is 0.251 e. The molecule has 7 heteroatoms. The number of likely N-dealkylation sites (tertiary alicyclic amines) is 1. The molecule has 1 atom stereocenters. The van der Waals surface area contributed by atoms with Crippen molar-refractivity contribution in [2.24, 2.45) is 0 Å². The van der Waals surface area contributed by atoms with E-state index in [-0.39, 0.29) is 23.6 Å². The van der Waals surface area contributed by atoms with Crippen LogP contribution in [0.1, 0.15) is 24.1 Å². The second-order valence-electron chi connectivity index (χ2n) is 5.58. The van der Waals surface area contributed by atoms with Crippen LogP contribution in [0.4, 0.5) is 0 Å². The summed E-state index contributed by atoms with van der Waals surface area (Å²) in [6.07, 6.45) is 8.15. The van der Waals surface area contributed by atoms with Gasteiger partial charge in [0.1, 0.15) is 12.2 Å². The maximum atomic E-state index is 12.5. The highest BCUT2D eigenvalue weighted by atomic mass is 16.5. The van der Waals surface area contributed by atoms with Gasteiger partial charge in [0.2, 0.25) is 11.6 Å². The predicted octanol–water partition coefficient (Wildman–Crippen LogP) is 1.36. The van der Waals surface area contributed by atoms with E-state index in [9.17, 15) is 4.79 Å². The van der Waals surface area contributed by atoms with Crippen LogP contribution >= 0.6 is 0 Å². The van der Waals surface area contributed by atoms with Crippen molar-refractivity contribution in [1.82, 2.24) is 19.9 Å². The van der Waals surface area contributed by atoms with Crippen LogP contribution in [-0.4, -0.2) is 45.0 Å². The average Bonchev–Trinajstić information content (AvgIpc) is 2.63. The summed E-state index contributed by atoms with van der Waals surface area (Å²) in [5.41, 5.74) is 1.06. The van der Waals surface area contributed by atoms with Gasteiger partial charge in [-0.3, -0.25) is 9.78 Å². The van der Waals surface area contributed by atoms with E-state index in [0.717, 1.165) is 18.4 Å². The van der Waals surface area contributed by atoms with Gasteiger partial charge in [-0.1, -0.05) is 6.07 Å². The Bertz CT molecular complexity index is 744. The first-order valence-electron chi connectivity index (χ1n) is 7.80. The maximum absolute atomic E-state index is 12.5. The molecule has 2 aromatic rings. The predicted molar refractivity (Wildman–Crippen MR) is 84.9 cm³/mol. The van der Waals surface area contributed by atoms with Crippen LogP contribution in [0.2, 0.25) is 0 Å². The molecule has 122 valence electrons.